The summed E-state index contributed by atoms with van der Waals surface area (Å²) in [6.45, 7) is 9.18. The number of hydrogen-bond donors (Lipinski definition) is 0. The topological polar surface area (TPSA) is 24.9 Å². The van der Waals surface area contributed by atoms with Crippen LogP contribution in [0.3, 0.4) is 0 Å². The van der Waals surface area contributed by atoms with Crippen LogP contribution in [0.1, 0.15) is 31.2 Å². The van der Waals surface area contributed by atoms with Crippen molar-refractivity contribution in [2.75, 3.05) is 45.9 Å². The second-order valence-electron chi connectivity index (χ2n) is 9.58. The van der Waals surface area contributed by atoms with E-state index < -0.39 is 0 Å². The molecule has 2 aromatic rings. The number of fused-ring (bicyclic) bond motifs is 1. The monoisotopic (exact) mass is 420 g/mol. The molecule has 0 amide bonds. The first-order chi connectivity index (χ1) is 15.3. The molecule has 2 heterocycles. The van der Waals surface area contributed by atoms with Gasteiger partial charge in [0.05, 0.1) is 6.61 Å². The number of likely N-dealkylation sites (tertiary alicyclic amines) is 2. The number of para-hydroxylation sites is 1. The molecule has 5 rings (SSSR count). The average molecular weight is 421 g/mol. The molecule has 3 fully saturated rings. The van der Waals surface area contributed by atoms with Gasteiger partial charge in [-0.25, -0.2) is 0 Å². The van der Waals surface area contributed by atoms with E-state index in [2.05, 4.69) is 28.0 Å². The number of rotatable bonds is 10. The van der Waals surface area contributed by atoms with E-state index in [4.69, 9.17) is 9.47 Å². The van der Waals surface area contributed by atoms with Gasteiger partial charge in [-0.2, -0.15) is 0 Å². The highest BCUT2D eigenvalue weighted by Crippen LogP contribution is 2.52. The van der Waals surface area contributed by atoms with Crippen molar-refractivity contribution >= 4 is 0 Å². The number of nitrogens with zero attached hydrogens (tertiary/aromatic N) is 2. The van der Waals surface area contributed by atoms with Crippen molar-refractivity contribution in [3.05, 3.63) is 60.2 Å². The molecule has 0 radical (unpaired) electrons. The third kappa shape index (κ3) is 5.68. The smallest absolute Gasteiger partial charge is 0.127 e. The Hall–Kier alpha value is -1.88. The molecule has 3 aliphatic rings. The van der Waals surface area contributed by atoms with Crippen LogP contribution in [0.4, 0.5) is 0 Å². The van der Waals surface area contributed by atoms with Crippen LogP contribution in [-0.2, 0) is 11.3 Å². The molecule has 0 N–H and O–H groups in total. The van der Waals surface area contributed by atoms with E-state index >= 15 is 0 Å². The van der Waals surface area contributed by atoms with E-state index in [1.54, 1.807) is 0 Å². The molecule has 0 spiro atoms. The average Bonchev–Trinajstić information content (AvgIpc) is 3.25. The van der Waals surface area contributed by atoms with Gasteiger partial charge in [0.2, 0.25) is 0 Å². The molecule has 4 heteroatoms. The molecular weight excluding hydrogens is 384 g/mol. The molecule has 4 nitrogen and oxygen atoms in total. The minimum absolute atomic E-state index is 0.805. The molecule has 3 atom stereocenters. The van der Waals surface area contributed by atoms with Gasteiger partial charge in [0.15, 0.2) is 0 Å². The van der Waals surface area contributed by atoms with Gasteiger partial charge in [-0.1, -0.05) is 36.8 Å². The number of hydrogen-bond acceptors (Lipinski definition) is 4. The maximum absolute atomic E-state index is 6.05. The second-order valence-corrected chi connectivity index (χ2v) is 9.58. The van der Waals surface area contributed by atoms with Crippen LogP contribution in [0.2, 0.25) is 0 Å². The Bertz CT molecular complexity index is 809. The summed E-state index contributed by atoms with van der Waals surface area (Å²) in [5.74, 6) is 4.32. The van der Waals surface area contributed by atoms with E-state index in [9.17, 15) is 0 Å². The largest absolute Gasteiger partial charge is 0.457 e. The van der Waals surface area contributed by atoms with E-state index in [0.717, 1.165) is 49.0 Å². The lowest BCUT2D eigenvalue weighted by molar-refractivity contribution is 0.0967. The highest BCUT2D eigenvalue weighted by atomic mass is 16.5. The van der Waals surface area contributed by atoms with E-state index in [1.807, 2.05) is 36.4 Å². The van der Waals surface area contributed by atoms with Gasteiger partial charge in [-0.15, -0.1) is 0 Å². The molecule has 2 saturated heterocycles. The normalized spacial score (nSPS) is 26.0. The zero-order valence-electron chi connectivity index (χ0n) is 18.6. The molecule has 2 aliphatic heterocycles. The first kappa shape index (κ1) is 21.0. The summed E-state index contributed by atoms with van der Waals surface area (Å²) in [5.41, 5.74) is 1.33. The predicted octanol–water partition coefficient (Wildman–Crippen LogP) is 5.05. The zero-order chi connectivity index (χ0) is 20.9. The Morgan fingerprint density at radius 2 is 1.58 bits per heavy atom. The Morgan fingerprint density at radius 1 is 0.806 bits per heavy atom. The Morgan fingerprint density at radius 3 is 2.39 bits per heavy atom. The predicted molar refractivity (Wildman–Crippen MR) is 124 cm³/mol. The number of ether oxygens (including phenoxy) is 2. The fraction of sp³-hybridized carbons (Fsp3) is 0.556. The minimum Gasteiger partial charge on any atom is -0.457 e. The molecule has 0 aromatic heterocycles. The summed E-state index contributed by atoms with van der Waals surface area (Å²) in [7, 11) is 0. The Balaban J connectivity index is 0.992. The van der Waals surface area contributed by atoms with Crippen LogP contribution in [0.25, 0.3) is 0 Å². The highest BCUT2D eigenvalue weighted by Gasteiger charge is 2.55. The number of benzene rings is 2. The van der Waals surface area contributed by atoms with Crippen molar-refractivity contribution in [2.45, 2.75) is 32.2 Å². The fourth-order valence-corrected chi connectivity index (χ4v) is 5.50. The van der Waals surface area contributed by atoms with Crippen LogP contribution in [0.5, 0.6) is 11.5 Å². The van der Waals surface area contributed by atoms with Gasteiger partial charge < -0.3 is 14.4 Å². The highest BCUT2D eigenvalue weighted by molar-refractivity contribution is 5.34. The first-order valence-corrected chi connectivity index (χ1v) is 12.2. The summed E-state index contributed by atoms with van der Waals surface area (Å²) in [4.78, 5) is 5.21. The van der Waals surface area contributed by atoms with Gasteiger partial charge in [-0.05, 0) is 79.9 Å². The van der Waals surface area contributed by atoms with Gasteiger partial charge >= 0.3 is 0 Å². The summed E-state index contributed by atoms with van der Waals surface area (Å²) < 4.78 is 12.0. The van der Waals surface area contributed by atoms with Crippen molar-refractivity contribution < 1.29 is 9.47 Å². The van der Waals surface area contributed by atoms with E-state index in [-0.39, 0.29) is 0 Å². The van der Waals surface area contributed by atoms with E-state index in [0.29, 0.717) is 0 Å². The SMILES string of the molecule is c1ccc(Oc2cccc(CN3C[C@@H]4[C@H](COCCCN5CCCCC5)[C@@H]4C3)c2)cc1. The lowest BCUT2D eigenvalue weighted by atomic mass is 10.1. The van der Waals surface area contributed by atoms with Crippen molar-refractivity contribution in [3.8, 4) is 11.5 Å². The van der Waals surface area contributed by atoms with Crippen LogP contribution >= 0.6 is 0 Å². The Labute approximate surface area is 187 Å². The van der Waals surface area contributed by atoms with Crippen molar-refractivity contribution in [1.29, 1.82) is 0 Å². The van der Waals surface area contributed by atoms with Gasteiger partial charge in [0, 0.05) is 32.8 Å². The Kier molecular flexibility index (Phi) is 6.88. The second kappa shape index (κ2) is 10.2. The van der Waals surface area contributed by atoms with Gasteiger partial charge in [0.1, 0.15) is 11.5 Å². The van der Waals surface area contributed by atoms with Crippen LogP contribution in [0, 0.1) is 17.8 Å². The molecule has 2 aromatic carbocycles. The van der Waals surface area contributed by atoms with Crippen LogP contribution < -0.4 is 4.74 Å². The quantitative estimate of drug-likeness (QED) is 0.502. The fourth-order valence-electron chi connectivity index (χ4n) is 5.50. The van der Waals surface area contributed by atoms with Gasteiger partial charge in [-0.3, -0.25) is 4.90 Å². The van der Waals surface area contributed by atoms with Gasteiger partial charge in [0.25, 0.3) is 0 Å². The standard InChI is InChI=1S/C27H36N2O2/c1-3-10-23(11-4-1)31-24-12-7-9-22(17-24)18-29-19-25-26(20-29)27(25)21-30-16-8-15-28-13-5-2-6-14-28/h1,3-4,7,9-12,17,25-27H,2,5-6,8,13-16,18-21H2/t25-,26+,27-. The van der Waals surface area contributed by atoms with E-state index in [1.165, 1.54) is 64.0 Å². The molecule has 166 valence electrons. The molecule has 1 aliphatic carbocycles. The summed E-state index contributed by atoms with van der Waals surface area (Å²) in [6.07, 6.45) is 5.37. The first-order valence-electron chi connectivity index (χ1n) is 12.2. The molecule has 1 saturated carbocycles. The summed E-state index contributed by atoms with van der Waals surface area (Å²) in [6, 6.07) is 18.5. The summed E-state index contributed by atoms with van der Waals surface area (Å²) in [5, 5.41) is 0. The lowest BCUT2D eigenvalue weighted by Gasteiger charge is -2.26. The molecular formula is C27H36N2O2. The maximum atomic E-state index is 6.05. The van der Waals surface area contributed by atoms with Crippen molar-refractivity contribution in [2.24, 2.45) is 17.8 Å². The van der Waals surface area contributed by atoms with Crippen LogP contribution in [-0.4, -0.2) is 55.7 Å². The third-order valence-electron chi connectivity index (χ3n) is 7.25. The maximum Gasteiger partial charge on any atom is 0.127 e. The van der Waals surface area contributed by atoms with Crippen LogP contribution in [0.15, 0.2) is 54.6 Å². The third-order valence-corrected chi connectivity index (χ3v) is 7.25. The minimum atomic E-state index is 0.805. The van der Waals surface area contributed by atoms with Crippen molar-refractivity contribution in [3.63, 3.8) is 0 Å². The summed E-state index contributed by atoms with van der Waals surface area (Å²) >= 11 is 0. The molecule has 0 bridgehead atoms. The number of piperidine rings is 2. The zero-order valence-corrected chi connectivity index (χ0v) is 18.6. The molecule has 0 unspecified atom stereocenters. The van der Waals surface area contributed by atoms with Crippen molar-refractivity contribution in [1.82, 2.24) is 9.80 Å². The lowest BCUT2D eigenvalue weighted by Crippen LogP contribution is -2.31. The molecule has 31 heavy (non-hydrogen) atoms.